The summed E-state index contributed by atoms with van der Waals surface area (Å²) in [6.07, 6.45) is 0. The Kier molecular flexibility index (Phi) is 3.52. The average Bonchev–Trinajstić information content (AvgIpc) is 2.17. The number of halogens is 2. The van der Waals surface area contributed by atoms with E-state index in [-0.39, 0.29) is 0 Å². The fourth-order valence-corrected chi connectivity index (χ4v) is 2.62. The summed E-state index contributed by atoms with van der Waals surface area (Å²) in [5.74, 6) is 0. The second-order valence-electron chi connectivity index (χ2n) is 2.86. The molecule has 1 aromatic heterocycles. The van der Waals surface area contributed by atoms with Crippen molar-refractivity contribution in [1.82, 2.24) is 4.98 Å². The van der Waals surface area contributed by atoms with Gasteiger partial charge in [-0.25, -0.2) is 4.98 Å². The summed E-state index contributed by atoms with van der Waals surface area (Å²) >= 11 is 13.2. The summed E-state index contributed by atoms with van der Waals surface area (Å²) in [7, 11) is 0. The Balaban J connectivity index is 2.25. The van der Waals surface area contributed by atoms with Gasteiger partial charge in [0.2, 0.25) is 0 Å². The van der Waals surface area contributed by atoms with Crippen molar-refractivity contribution in [3.63, 3.8) is 0 Å². The van der Waals surface area contributed by atoms with E-state index in [1.54, 1.807) is 23.9 Å². The Morgan fingerprint density at radius 2 is 1.47 bits per heavy atom. The van der Waals surface area contributed by atoms with Crippen LogP contribution in [0.3, 0.4) is 0 Å². The number of benzene rings is 1. The Morgan fingerprint density at radius 1 is 0.867 bits per heavy atom. The van der Waals surface area contributed by atoms with Crippen LogP contribution < -0.4 is 0 Å². The molecule has 76 valence electrons. The average molecular weight is 256 g/mol. The molecule has 0 aliphatic rings. The minimum absolute atomic E-state index is 0.418. The van der Waals surface area contributed by atoms with Gasteiger partial charge in [-0.05, 0) is 24.3 Å². The fraction of sp³-hybridized carbons (Fsp3) is 0. The summed E-state index contributed by atoms with van der Waals surface area (Å²) in [5, 5.41) is 0.835. The second-order valence-corrected chi connectivity index (χ2v) is 4.78. The van der Waals surface area contributed by atoms with Gasteiger partial charge in [0.1, 0.15) is 10.3 Å². The zero-order valence-electron chi connectivity index (χ0n) is 7.65. The molecule has 0 amide bonds. The molecule has 1 heterocycles. The molecular weight excluding hydrogens is 249 g/mol. The first kappa shape index (κ1) is 10.8. The van der Waals surface area contributed by atoms with Crippen LogP contribution in [0.25, 0.3) is 0 Å². The highest BCUT2D eigenvalue weighted by atomic mass is 35.5. The van der Waals surface area contributed by atoms with Crippen molar-refractivity contribution in [3.05, 3.63) is 52.8 Å². The third-order valence-corrected chi connectivity index (χ3v) is 3.08. The van der Waals surface area contributed by atoms with Crippen molar-refractivity contribution >= 4 is 35.0 Å². The van der Waals surface area contributed by atoms with Gasteiger partial charge in [0.25, 0.3) is 0 Å². The van der Waals surface area contributed by atoms with Crippen molar-refractivity contribution < 1.29 is 0 Å². The first-order valence-electron chi connectivity index (χ1n) is 4.30. The molecule has 0 unspecified atom stereocenters. The van der Waals surface area contributed by atoms with E-state index in [0.29, 0.717) is 10.3 Å². The van der Waals surface area contributed by atoms with Crippen LogP contribution in [0.4, 0.5) is 0 Å². The van der Waals surface area contributed by atoms with Crippen LogP contribution in [0.2, 0.25) is 10.3 Å². The highest BCUT2D eigenvalue weighted by Crippen LogP contribution is 2.30. The van der Waals surface area contributed by atoms with E-state index in [2.05, 4.69) is 4.98 Å². The van der Waals surface area contributed by atoms with Crippen LogP contribution >= 0.6 is 35.0 Å². The standard InChI is InChI=1S/C11H7Cl2NS/c12-10-6-9(7-11(13)14-10)15-8-4-2-1-3-5-8/h1-7H. The maximum Gasteiger partial charge on any atom is 0.131 e. The lowest BCUT2D eigenvalue weighted by Gasteiger charge is -2.02. The van der Waals surface area contributed by atoms with Crippen LogP contribution in [0.1, 0.15) is 0 Å². The molecule has 0 aliphatic heterocycles. The van der Waals surface area contributed by atoms with Crippen LogP contribution in [-0.2, 0) is 0 Å². The molecule has 15 heavy (non-hydrogen) atoms. The van der Waals surface area contributed by atoms with Gasteiger partial charge in [0.05, 0.1) is 0 Å². The maximum absolute atomic E-state index is 5.81. The van der Waals surface area contributed by atoms with Crippen molar-refractivity contribution in [3.8, 4) is 0 Å². The lowest BCUT2D eigenvalue weighted by atomic mass is 10.4. The first-order valence-corrected chi connectivity index (χ1v) is 5.87. The SMILES string of the molecule is Clc1cc(Sc2ccccc2)cc(Cl)n1. The van der Waals surface area contributed by atoms with E-state index in [9.17, 15) is 0 Å². The van der Waals surface area contributed by atoms with Crippen LogP contribution in [0.15, 0.2) is 52.3 Å². The fourth-order valence-electron chi connectivity index (χ4n) is 1.13. The smallest absolute Gasteiger partial charge is 0.131 e. The molecule has 0 saturated carbocycles. The minimum Gasteiger partial charge on any atom is -0.224 e. The molecule has 0 N–H and O–H groups in total. The number of hydrogen-bond donors (Lipinski definition) is 0. The molecule has 1 aromatic carbocycles. The molecule has 0 radical (unpaired) electrons. The van der Waals surface area contributed by atoms with E-state index in [1.807, 2.05) is 30.3 Å². The molecule has 2 rings (SSSR count). The Bertz CT molecular complexity index is 439. The van der Waals surface area contributed by atoms with E-state index in [1.165, 1.54) is 0 Å². The Hall–Kier alpha value is -0.700. The molecule has 0 aliphatic carbocycles. The minimum atomic E-state index is 0.418. The summed E-state index contributed by atoms with van der Waals surface area (Å²) < 4.78 is 0. The highest BCUT2D eigenvalue weighted by Gasteiger charge is 2.01. The first-order chi connectivity index (χ1) is 7.24. The number of aromatic nitrogens is 1. The predicted molar refractivity (Wildman–Crippen MR) is 64.8 cm³/mol. The van der Waals surface area contributed by atoms with Crippen LogP contribution in [0, 0.1) is 0 Å². The molecule has 4 heteroatoms. The third kappa shape index (κ3) is 3.13. The number of hydrogen-bond acceptors (Lipinski definition) is 2. The molecule has 2 aromatic rings. The van der Waals surface area contributed by atoms with Crippen molar-refractivity contribution in [1.29, 1.82) is 0 Å². The molecule has 0 fully saturated rings. The largest absolute Gasteiger partial charge is 0.224 e. The summed E-state index contributed by atoms with van der Waals surface area (Å²) in [6.45, 7) is 0. The van der Waals surface area contributed by atoms with Crippen molar-refractivity contribution in [2.45, 2.75) is 9.79 Å². The molecular formula is C11H7Cl2NS. The monoisotopic (exact) mass is 255 g/mol. The van der Waals surface area contributed by atoms with E-state index in [4.69, 9.17) is 23.2 Å². The zero-order valence-corrected chi connectivity index (χ0v) is 9.98. The normalized spacial score (nSPS) is 10.3. The molecule has 0 saturated heterocycles. The van der Waals surface area contributed by atoms with Crippen LogP contribution in [0.5, 0.6) is 0 Å². The summed E-state index contributed by atoms with van der Waals surface area (Å²) in [5.41, 5.74) is 0. The Labute approximate surface area is 102 Å². The maximum atomic E-state index is 5.81. The van der Waals surface area contributed by atoms with Gasteiger partial charge in [0, 0.05) is 9.79 Å². The topological polar surface area (TPSA) is 12.9 Å². The second kappa shape index (κ2) is 4.88. The third-order valence-electron chi connectivity index (χ3n) is 1.72. The van der Waals surface area contributed by atoms with E-state index in [0.717, 1.165) is 9.79 Å². The summed E-state index contributed by atoms with van der Waals surface area (Å²) in [6, 6.07) is 13.6. The van der Waals surface area contributed by atoms with Gasteiger partial charge in [-0.2, -0.15) is 0 Å². The Morgan fingerprint density at radius 3 is 2.07 bits per heavy atom. The van der Waals surface area contributed by atoms with Crippen LogP contribution in [-0.4, -0.2) is 4.98 Å². The van der Waals surface area contributed by atoms with Gasteiger partial charge in [0.15, 0.2) is 0 Å². The lowest BCUT2D eigenvalue weighted by molar-refractivity contribution is 1.26. The number of rotatable bonds is 2. The molecule has 0 spiro atoms. The molecule has 0 atom stereocenters. The predicted octanol–water partition coefficient (Wildman–Crippen LogP) is 4.54. The van der Waals surface area contributed by atoms with E-state index < -0.39 is 0 Å². The van der Waals surface area contributed by atoms with Crippen molar-refractivity contribution in [2.75, 3.05) is 0 Å². The van der Waals surface area contributed by atoms with E-state index >= 15 is 0 Å². The molecule has 1 nitrogen and oxygen atoms in total. The van der Waals surface area contributed by atoms with Gasteiger partial charge in [-0.1, -0.05) is 53.2 Å². The van der Waals surface area contributed by atoms with Gasteiger partial charge >= 0.3 is 0 Å². The van der Waals surface area contributed by atoms with Crippen molar-refractivity contribution in [2.24, 2.45) is 0 Å². The van der Waals surface area contributed by atoms with Gasteiger partial charge < -0.3 is 0 Å². The lowest BCUT2D eigenvalue weighted by Crippen LogP contribution is -1.79. The van der Waals surface area contributed by atoms with Gasteiger partial charge in [-0.3, -0.25) is 0 Å². The zero-order chi connectivity index (χ0) is 10.7. The molecule has 0 bridgehead atoms. The quantitative estimate of drug-likeness (QED) is 0.731. The highest BCUT2D eigenvalue weighted by molar-refractivity contribution is 7.99. The summed E-state index contributed by atoms with van der Waals surface area (Å²) in [4.78, 5) is 6.03. The number of nitrogens with zero attached hydrogens (tertiary/aromatic N) is 1. The van der Waals surface area contributed by atoms with Gasteiger partial charge in [-0.15, -0.1) is 0 Å². The number of pyridine rings is 1.